The van der Waals surface area contributed by atoms with Crippen LogP contribution in [0, 0.1) is 24.1 Å². The molecule has 4 aromatic rings. The largest absolute Gasteiger partial charge is 0.489 e. The number of nitrogens with zero attached hydrogens (tertiary/aromatic N) is 1. The first kappa shape index (κ1) is 24.6. The Morgan fingerprint density at radius 1 is 1.00 bits per heavy atom. The van der Waals surface area contributed by atoms with E-state index in [1.807, 2.05) is 25.1 Å². The summed E-state index contributed by atoms with van der Waals surface area (Å²) in [6.07, 6.45) is 0. The maximum Gasteiger partial charge on any atom is 0.343 e. The minimum atomic E-state index is -0.540. The second kappa shape index (κ2) is 10.5. The summed E-state index contributed by atoms with van der Waals surface area (Å²) in [4.78, 5) is 12.7. The number of hydrogen-bond donors (Lipinski definition) is 1. The third kappa shape index (κ3) is 4.93. The summed E-state index contributed by atoms with van der Waals surface area (Å²) >= 11 is 0. The Morgan fingerprint density at radius 3 is 2.58 bits per heavy atom. The fourth-order valence-corrected chi connectivity index (χ4v) is 4.37. The van der Waals surface area contributed by atoms with Crippen molar-refractivity contribution in [2.75, 3.05) is 0 Å². The molecular formula is C31H23FN2O4. The molecule has 0 bridgehead atoms. The summed E-state index contributed by atoms with van der Waals surface area (Å²) in [7, 11) is 0. The van der Waals surface area contributed by atoms with Crippen molar-refractivity contribution in [2.24, 2.45) is 5.73 Å². The molecule has 4 aromatic carbocycles. The van der Waals surface area contributed by atoms with E-state index < -0.39 is 11.9 Å². The van der Waals surface area contributed by atoms with Gasteiger partial charge in [-0.05, 0) is 48.4 Å². The first-order valence-corrected chi connectivity index (χ1v) is 11.9. The Bertz CT molecular complexity index is 1610. The van der Waals surface area contributed by atoms with Crippen molar-refractivity contribution >= 4 is 5.97 Å². The molecule has 7 heteroatoms. The number of carbonyl (C=O) groups is 1. The topological polar surface area (TPSA) is 94.6 Å². The normalized spacial score (nSPS) is 14.2. The Kier molecular flexibility index (Phi) is 6.79. The van der Waals surface area contributed by atoms with Gasteiger partial charge in [0.05, 0.1) is 11.5 Å². The average Bonchev–Trinajstić information content (AvgIpc) is 2.92. The van der Waals surface area contributed by atoms with Gasteiger partial charge in [-0.1, -0.05) is 54.6 Å². The van der Waals surface area contributed by atoms with Crippen LogP contribution in [0.4, 0.5) is 4.39 Å². The summed E-state index contributed by atoms with van der Waals surface area (Å²) in [6, 6.07) is 27.9. The van der Waals surface area contributed by atoms with Gasteiger partial charge in [0.15, 0.2) is 0 Å². The molecule has 1 aliphatic heterocycles. The fourth-order valence-electron chi connectivity index (χ4n) is 4.37. The number of allylic oxidation sites excluding steroid dienone is 1. The summed E-state index contributed by atoms with van der Waals surface area (Å²) in [5.74, 6) is -0.240. The maximum absolute atomic E-state index is 14.0. The number of halogens is 1. The lowest BCUT2D eigenvalue weighted by atomic mass is 9.83. The molecule has 38 heavy (non-hydrogen) atoms. The van der Waals surface area contributed by atoms with Crippen LogP contribution in [0.1, 0.15) is 38.5 Å². The van der Waals surface area contributed by atoms with Gasteiger partial charge < -0.3 is 19.9 Å². The second-order valence-electron chi connectivity index (χ2n) is 8.78. The smallest absolute Gasteiger partial charge is 0.343 e. The van der Waals surface area contributed by atoms with Gasteiger partial charge in [0.1, 0.15) is 41.3 Å². The summed E-state index contributed by atoms with van der Waals surface area (Å²) in [5.41, 5.74) is 9.50. The van der Waals surface area contributed by atoms with E-state index in [0.717, 1.165) is 11.1 Å². The highest BCUT2D eigenvalue weighted by Crippen LogP contribution is 2.44. The molecule has 0 fully saturated rings. The van der Waals surface area contributed by atoms with E-state index in [0.29, 0.717) is 28.2 Å². The molecule has 6 nitrogen and oxygen atoms in total. The molecule has 188 valence electrons. The number of aryl methyl sites for hydroxylation is 1. The van der Waals surface area contributed by atoms with Crippen LogP contribution in [0.15, 0.2) is 102 Å². The number of rotatable bonds is 6. The van der Waals surface area contributed by atoms with Crippen molar-refractivity contribution in [1.82, 2.24) is 0 Å². The minimum Gasteiger partial charge on any atom is -0.489 e. The second-order valence-corrected chi connectivity index (χ2v) is 8.78. The lowest BCUT2D eigenvalue weighted by Crippen LogP contribution is -2.21. The Labute approximate surface area is 219 Å². The van der Waals surface area contributed by atoms with Gasteiger partial charge in [0.25, 0.3) is 0 Å². The Morgan fingerprint density at radius 2 is 1.79 bits per heavy atom. The standard InChI is InChI=1S/C31H23FN2O4/c1-19-7-2-4-11-24(19)31(35)37-23-13-14-25-28(16-23)38-30(34)26(17-33)29(25)20-9-6-10-22(15-20)36-18-21-8-3-5-12-27(21)32/h2-16,29H,18,34H2,1H3. The van der Waals surface area contributed by atoms with Crippen molar-refractivity contribution in [1.29, 1.82) is 5.26 Å². The minimum absolute atomic E-state index is 0.0370. The van der Waals surface area contributed by atoms with Crippen molar-refractivity contribution in [3.05, 3.63) is 136 Å². The van der Waals surface area contributed by atoms with E-state index >= 15 is 0 Å². The van der Waals surface area contributed by atoms with Gasteiger partial charge >= 0.3 is 5.97 Å². The van der Waals surface area contributed by atoms with Gasteiger partial charge in [-0.2, -0.15) is 5.26 Å². The highest BCUT2D eigenvalue weighted by molar-refractivity contribution is 5.92. The van der Waals surface area contributed by atoms with Crippen LogP contribution < -0.4 is 19.9 Å². The number of ether oxygens (including phenoxy) is 3. The molecule has 1 unspecified atom stereocenters. The molecule has 0 aromatic heterocycles. The number of fused-ring (bicyclic) bond motifs is 1. The third-order valence-corrected chi connectivity index (χ3v) is 6.31. The van der Waals surface area contributed by atoms with E-state index in [-0.39, 0.29) is 29.6 Å². The Balaban J connectivity index is 1.43. The fraction of sp³-hybridized carbons (Fsp3) is 0.0968. The molecule has 0 amide bonds. The van der Waals surface area contributed by atoms with Crippen LogP contribution in [-0.2, 0) is 6.61 Å². The summed E-state index contributed by atoms with van der Waals surface area (Å²) in [5, 5.41) is 9.89. The van der Waals surface area contributed by atoms with Gasteiger partial charge in [-0.3, -0.25) is 0 Å². The maximum atomic E-state index is 14.0. The van der Waals surface area contributed by atoms with Crippen LogP contribution >= 0.6 is 0 Å². The van der Waals surface area contributed by atoms with Crippen LogP contribution in [-0.4, -0.2) is 5.97 Å². The zero-order chi connectivity index (χ0) is 26.6. The molecule has 5 rings (SSSR count). The lowest BCUT2D eigenvalue weighted by Gasteiger charge is -2.27. The van der Waals surface area contributed by atoms with Crippen LogP contribution in [0.2, 0.25) is 0 Å². The molecule has 0 saturated carbocycles. The number of esters is 1. The van der Waals surface area contributed by atoms with E-state index in [9.17, 15) is 14.4 Å². The monoisotopic (exact) mass is 506 g/mol. The van der Waals surface area contributed by atoms with E-state index in [4.69, 9.17) is 19.9 Å². The van der Waals surface area contributed by atoms with Crippen LogP contribution in [0.5, 0.6) is 17.2 Å². The number of carbonyl (C=O) groups excluding carboxylic acids is 1. The predicted molar refractivity (Wildman–Crippen MR) is 139 cm³/mol. The Hall–Kier alpha value is -5.09. The lowest BCUT2D eigenvalue weighted by molar-refractivity contribution is 0.0733. The van der Waals surface area contributed by atoms with Crippen molar-refractivity contribution in [3.8, 4) is 23.3 Å². The van der Waals surface area contributed by atoms with Crippen molar-refractivity contribution in [2.45, 2.75) is 19.4 Å². The van der Waals surface area contributed by atoms with Gasteiger partial charge in [0.2, 0.25) is 5.88 Å². The third-order valence-electron chi connectivity index (χ3n) is 6.31. The quantitative estimate of drug-likeness (QED) is 0.249. The van der Waals surface area contributed by atoms with E-state index in [2.05, 4.69) is 6.07 Å². The van der Waals surface area contributed by atoms with Crippen molar-refractivity contribution in [3.63, 3.8) is 0 Å². The van der Waals surface area contributed by atoms with Crippen LogP contribution in [0.3, 0.4) is 0 Å². The molecular weight excluding hydrogens is 483 g/mol. The molecule has 2 N–H and O–H groups in total. The van der Waals surface area contributed by atoms with Gasteiger partial charge in [-0.25, -0.2) is 9.18 Å². The van der Waals surface area contributed by atoms with Crippen LogP contribution in [0.25, 0.3) is 0 Å². The molecule has 1 aliphatic rings. The molecule has 0 spiro atoms. The van der Waals surface area contributed by atoms with Gasteiger partial charge in [-0.15, -0.1) is 0 Å². The number of nitriles is 1. The first-order chi connectivity index (χ1) is 18.4. The summed E-state index contributed by atoms with van der Waals surface area (Å²) < 4.78 is 31.2. The van der Waals surface area contributed by atoms with E-state index in [1.165, 1.54) is 6.07 Å². The van der Waals surface area contributed by atoms with E-state index in [1.54, 1.807) is 66.7 Å². The highest BCUT2D eigenvalue weighted by Gasteiger charge is 2.31. The predicted octanol–water partition coefficient (Wildman–Crippen LogP) is 6.15. The molecule has 0 saturated heterocycles. The zero-order valence-electron chi connectivity index (χ0n) is 20.5. The molecule has 1 atom stereocenters. The molecule has 1 heterocycles. The van der Waals surface area contributed by atoms with Crippen molar-refractivity contribution < 1.29 is 23.4 Å². The number of benzene rings is 4. The molecule has 0 aliphatic carbocycles. The average molecular weight is 507 g/mol. The summed E-state index contributed by atoms with van der Waals surface area (Å²) in [6.45, 7) is 1.89. The van der Waals surface area contributed by atoms with Gasteiger partial charge in [0, 0.05) is 17.2 Å². The number of nitrogens with two attached hydrogens (primary N) is 1. The zero-order valence-corrected chi connectivity index (χ0v) is 20.5. The molecule has 0 radical (unpaired) electrons. The highest BCUT2D eigenvalue weighted by atomic mass is 19.1. The number of hydrogen-bond acceptors (Lipinski definition) is 6. The SMILES string of the molecule is Cc1ccccc1C(=O)Oc1ccc2c(c1)OC(N)=C(C#N)C2c1cccc(OCc2ccccc2F)c1. The first-order valence-electron chi connectivity index (χ1n) is 11.9.